The van der Waals surface area contributed by atoms with E-state index in [1.165, 1.54) is 11.4 Å². The van der Waals surface area contributed by atoms with E-state index >= 15 is 0 Å². The first-order valence-corrected chi connectivity index (χ1v) is 5.54. The van der Waals surface area contributed by atoms with Crippen LogP contribution < -0.4 is 4.90 Å². The first-order valence-electron chi connectivity index (χ1n) is 5.54. The summed E-state index contributed by atoms with van der Waals surface area (Å²) in [6.45, 7) is 2.21. The molecular weight excluding hydrogens is 194 g/mol. The Morgan fingerprint density at radius 1 is 1.19 bits per heavy atom. The first-order chi connectivity index (χ1) is 7.77. The molecule has 2 aliphatic rings. The zero-order valence-corrected chi connectivity index (χ0v) is 9.49. The van der Waals surface area contributed by atoms with Crippen molar-refractivity contribution in [1.29, 1.82) is 0 Å². The number of allylic oxidation sites excluding steroid dienone is 3. The Bertz CT molecular complexity index is 567. The minimum Gasteiger partial charge on any atom is -0.345 e. The number of hydrogen-bond acceptors (Lipinski definition) is 1. The Morgan fingerprint density at radius 3 is 2.88 bits per heavy atom. The lowest BCUT2D eigenvalue weighted by Crippen LogP contribution is -2.20. The Labute approximate surface area is 96.1 Å². The summed E-state index contributed by atoms with van der Waals surface area (Å²) in [7, 11) is 2.12. The second-order valence-electron chi connectivity index (χ2n) is 4.27. The summed E-state index contributed by atoms with van der Waals surface area (Å²) in [4.78, 5) is 2.25. The van der Waals surface area contributed by atoms with Crippen molar-refractivity contribution in [3.63, 3.8) is 0 Å². The van der Waals surface area contributed by atoms with Gasteiger partial charge in [-0.2, -0.15) is 0 Å². The van der Waals surface area contributed by atoms with E-state index in [2.05, 4.69) is 61.1 Å². The van der Waals surface area contributed by atoms with Gasteiger partial charge in [0.2, 0.25) is 0 Å². The van der Waals surface area contributed by atoms with Gasteiger partial charge in [0.1, 0.15) is 0 Å². The van der Waals surface area contributed by atoms with Crippen molar-refractivity contribution in [3.05, 3.63) is 53.3 Å². The fraction of sp³-hybridized carbons (Fsp3) is 0.200. The van der Waals surface area contributed by atoms with Crippen LogP contribution in [-0.4, -0.2) is 7.05 Å². The Hall–Kier alpha value is -1.94. The third-order valence-corrected chi connectivity index (χ3v) is 3.22. The maximum absolute atomic E-state index is 3.26. The van der Waals surface area contributed by atoms with Crippen LogP contribution in [0.25, 0.3) is 0 Å². The highest BCUT2D eigenvalue weighted by Gasteiger charge is 2.22. The van der Waals surface area contributed by atoms with Crippen LogP contribution in [0.3, 0.4) is 0 Å². The molecule has 78 valence electrons. The molecule has 0 aromatic heterocycles. The van der Waals surface area contributed by atoms with E-state index in [-0.39, 0.29) is 0 Å². The molecule has 1 aliphatic carbocycles. The highest BCUT2D eigenvalue weighted by Crippen LogP contribution is 2.33. The quantitative estimate of drug-likeness (QED) is 0.591. The van der Waals surface area contributed by atoms with Crippen LogP contribution in [0.1, 0.15) is 12.5 Å². The maximum Gasteiger partial charge on any atom is 0.0565 e. The molecule has 0 fully saturated rings. The fourth-order valence-corrected chi connectivity index (χ4v) is 2.39. The normalized spacial score (nSPS) is 21.1. The fourth-order valence-electron chi connectivity index (χ4n) is 2.39. The van der Waals surface area contributed by atoms with Crippen molar-refractivity contribution in [2.24, 2.45) is 5.92 Å². The van der Waals surface area contributed by atoms with Crippen LogP contribution in [0.15, 0.2) is 47.7 Å². The van der Waals surface area contributed by atoms with Crippen molar-refractivity contribution < 1.29 is 0 Å². The number of benzene rings is 1. The molecule has 0 amide bonds. The monoisotopic (exact) mass is 207 g/mol. The third kappa shape index (κ3) is 1.20. The van der Waals surface area contributed by atoms with Crippen LogP contribution in [0.2, 0.25) is 0 Å². The van der Waals surface area contributed by atoms with E-state index in [1.54, 1.807) is 0 Å². The molecule has 1 heteroatoms. The zero-order valence-electron chi connectivity index (χ0n) is 9.49. The number of nitrogens with zero attached hydrogens (tertiary/aromatic N) is 1. The van der Waals surface area contributed by atoms with Crippen LogP contribution in [-0.2, 0) is 0 Å². The summed E-state index contributed by atoms with van der Waals surface area (Å²) in [5, 5.41) is 0. The second-order valence-corrected chi connectivity index (χ2v) is 4.27. The molecule has 0 saturated heterocycles. The molecule has 1 aromatic carbocycles. The molecule has 0 radical (unpaired) electrons. The first kappa shape index (κ1) is 9.30. The lowest BCUT2D eigenvalue weighted by atomic mass is 10.1. The highest BCUT2D eigenvalue weighted by molar-refractivity contribution is 5.70. The summed E-state index contributed by atoms with van der Waals surface area (Å²) in [5.41, 5.74) is 4.79. The number of fused-ring (bicyclic) bond motifs is 1. The third-order valence-electron chi connectivity index (χ3n) is 3.22. The van der Waals surface area contributed by atoms with Crippen LogP contribution >= 0.6 is 0 Å². The predicted octanol–water partition coefficient (Wildman–Crippen LogP) is 2.95. The molecule has 16 heavy (non-hydrogen) atoms. The van der Waals surface area contributed by atoms with Gasteiger partial charge in [-0.15, -0.1) is 0 Å². The highest BCUT2D eigenvalue weighted by atomic mass is 15.1. The predicted molar refractivity (Wildman–Crippen MR) is 67.1 cm³/mol. The lowest BCUT2D eigenvalue weighted by Gasteiger charge is -2.24. The van der Waals surface area contributed by atoms with Gasteiger partial charge < -0.3 is 4.90 Å². The van der Waals surface area contributed by atoms with Crippen LogP contribution in [0.4, 0.5) is 5.69 Å². The van der Waals surface area contributed by atoms with E-state index in [9.17, 15) is 0 Å². The summed E-state index contributed by atoms with van der Waals surface area (Å²) >= 11 is 0. The van der Waals surface area contributed by atoms with Gasteiger partial charge in [0, 0.05) is 29.8 Å². The molecule has 1 aromatic rings. The van der Waals surface area contributed by atoms with Crippen molar-refractivity contribution in [2.45, 2.75) is 6.92 Å². The zero-order chi connectivity index (χ0) is 11.1. The molecule has 0 N–H and O–H groups in total. The topological polar surface area (TPSA) is 3.24 Å². The molecule has 3 rings (SSSR count). The smallest absolute Gasteiger partial charge is 0.0565 e. The summed E-state index contributed by atoms with van der Waals surface area (Å²) < 4.78 is 0. The SMILES string of the molecule is CC1C=CC2=C1N(C)c1ccccc1C#C2. The van der Waals surface area contributed by atoms with E-state index < -0.39 is 0 Å². The Balaban J connectivity index is 2.21. The van der Waals surface area contributed by atoms with Gasteiger partial charge in [-0.1, -0.05) is 37.0 Å². The largest absolute Gasteiger partial charge is 0.345 e. The van der Waals surface area contributed by atoms with Gasteiger partial charge in [-0.3, -0.25) is 0 Å². The minimum absolute atomic E-state index is 0.459. The van der Waals surface area contributed by atoms with Gasteiger partial charge in [0.05, 0.1) is 5.69 Å². The van der Waals surface area contributed by atoms with Gasteiger partial charge in [0.15, 0.2) is 0 Å². The van der Waals surface area contributed by atoms with E-state index in [0.29, 0.717) is 5.92 Å². The molecule has 0 spiro atoms. The van der Waals surface area contributed by atoms with E-state index in [4.69, 9.17) is 0 Å². The number of anilines is 1. The minimum atomic E-state index is 0.459. The van der Waals surface area contributed by atoms with Crippen molar-refractivity contribution >= 4 is 5.69 Å². The molecule has 1 unspecified atom stereocenters. The average molecular weight is 207 g/mol. The summed E-state index contributed by atoms with van der Waals surface area (Å²) in [5.74, 6) is 6.97. The molecule has 0 saturated carbocycles. The number of rotatable bonds is 0. The maximum atomic E-state index is 3.26. The Morgan fingerprint density at radius 2 is 2.00 bits per heavy atom. The summed E-state index contributed by atoms with van der Waals surface area (Å²) in [6, 6.07) is 8.31. The summed E-state index contributed by atoms with van der Waals surface area (Å²) in [6.07, 6.45) is 4.35. The molecule has 1 heterocycles. The molecular formula is C15H13N. The van der Waals surface area contributed by atoms with Gasteiger partial charge in [0.25, 0.3) is 0 Å². The van der Waals surface area contributed by atoms with Crippen molar-refractivity contribution in [1.82, 2.24) is 0 Å². The standard InChI is InChI=1S/C15H13N/c1-11-7-8-13-10-9-12-5-3-4-6-14(12)16(2)15(11)13/h3-8,11H,1-2H3. The average Bonchev–Trinajstić information content (AvgIpc) is 2.60. The molecule has 1 nitrogen and oxygen atoms in total. The molecule has 0 bridgehead atoms. The second kappa shape index (κ2) is 3.28. The number of hydrogen-bond donors (Lipinski definition) is 0. The van der Waals surface area contributed by atoms with Gasteiger partial charge in [-0.25, -0.2) is 0 Å². The number of para-hydroxylation sites is 1. The van der Waals surface area contributed by atoms with Crippen LogP contribution in [0, 0.1) is 17.8 Å². The van der Waals surface area contributed by atoms with E-state index in [0.717, 1.165) is 11.1 Å². The van der Waals surface area contributed by atoms with Gasteiger partial charge in [-0.05, 0) is 18.2 Å². The molecule has 1 aliphatic heterocycles. The van der Waals surface area contributed by atoms with Crippen molar-refractivity contribution in [2.75, 3.05) is 11.9 Å². The van der Waals surface area contributed by atoms with Crippen LogP contribution in [0.5, 0.6) is 0 Å². The van der Waals surface area contributed by atoms with Crippen molar-refractivity contribution in [3.8, 4) is 11.8 Å². The Kier molecular flexibility index (Phi) is 1.91. The lowest BCUT2D eigenvalue weighted by molar-refractivity contribution is 0.825. The van der Waals surface area contributed by atoms with E-state index in [1.807, 2.05) is 6.07 Å². The molecule has 1 atom stereocenters. The van der Waals surface area contributed by atoms with Gasteiger partial charge >= 0.3 is 0 Å².